The molecule has 0 aromatic rings. The molecule has 0 aromatic heterocycles. The Bertz CT molecular complexity index is 368. The van der Waals surface area contributed by atoms with E-state index < -0.39 is 0 Å². The van der Waals surface area contributed by atoms with E-state index in [1.807, 2.05) is 0 Å². The predicted octanol–water partition coefficient (Wildman–Crippen LogP) is 10.9. The van der Waals surface area contributed by atoms with E-state index in [2.05, 4.69) is 13.8 Å². The lowest BCUT2D eigenvalue weighted by Gasteiger charge is -2.45. The van der Waals surface area contributed by atoms with E-state index in [0.717, 1.165) is 19.3 Å². The van der Waals surface area contributed by atoms with Crippen molar-refractivity contribution in [3.8, 4) is 0 Å². The van der Waals surface area contributed by atoms with Gasteiger partial charge in [-0.05, 0) is 18.3 Å². The summed E-state index contributed by atoms with van der Waals surface area (Å²) in [6.07, 6.45) is 39.7. The fourth-order valence-electron chi connectivity index (χ4n) is 6.51. The van der Waals surface area contributed by atoms with Gasteiger partial charge in [-0.2, -0.15) is 0 Å². The second-order valence-electron chi connectivity index (χ2n) is 13.2. The van der Waals surface area contributed by atoms with Crippen LogP contribution in [-0.2, 0) is 0 Å². The van der Waals surface area contributed by atoms with E-state index in [1.165, 1.54) is 161 Å². The van der Waals surface area contributed by atoms with E-state index in [0.29, 0.717) is 0 Å². The molecule has 3 saturated carbocycles. The molecule has 0 spiro atoms. The number of hydrogen-bond acceptors (Lipinski definition) is 2. The molecule has 2 nitrogen and oxygen atoms in total. The minimum atomic E-state index is -0.273. The molecule has 0 heterocycles. The van der Waals surface area contributed by atoms with E-state index in [1.54, 1.807) is 0 Å². The van der Waals surface area contributed by atoms with E-state index >= 15 is 0 Å². The van der Waals surface area contributed by atoms with Crippen LogP contribution in [0.1, 0.15) is 194 Å². The van der Waals surface area contributed by atoms with Crippen LogP contribution >= 0.6 is 0 Å². The molecule has 3 fully saturated rings. The fourth-order valence-corrected chi connectivity index (χ4v) is 6.51. The third kappa shape index (κ3) is 16.0. The highest BCUT2D eigenvalue weighted by atomic mass is 16.3. The molecule has 2 heteroatoms. The van der Waals surface area contributed by atoms with Gasteiger partial charge in [0.1, 0.15) is 0 Å². The van der Waals surface area contributed by atoms with Crippen LogP contribution in [0.2, 0.25) is 0 Å². The second-order valence-corrected chi connectivity index (χ2v) is 13.2. The average molecular weight is 509 g/mol. The van der Waals surface area contributed by atoms with Gasteiger partial charge in [-0.1, -0.05) is 181 Å². The number of rotatable bonds is 2. The van der Waals surface area contributed by atoms with Gasteiger partial charge in [0.05, 0.1) is 13.2 Å². The third-order valence-corrected chi connectivity index (χ3v) is 9.75. The monoisotopic (exact) mass is 509 g/mol. The minimum Gasteiger partial charge on any atom is -0.396 e. The van der Waals surface area contributed by atoms with Crippen LogP contribution in [0.15, 0.2) is 0 Å². The molecular formula is C34H68O2. The average Bonchev–Trinajstić information content (AvgIpc) is 2.90. The van der Waals surface area contributed by atoms with E-state index in [-0.39, 0.29) is 24.0 Å². The Morgan fingerprint density at radius 1 is 0.333 bits per heavy atom. The van der Waals surface area contributed by atoms with Crippen molar-refractivity contribution in [2.75, 3.05) is 13.2 Å². The zero-order chi connectivity index (χ0) is 26.2. The predicted molar refractivity (Wildman–Crippen MR) is 160 cm³/mol. The summed E-state index contributed by atoms with van der Waals surface area (Å²) in [4.78, 5) is 0. The van der Waals surface area contributed by atoms with Gasteiger partial charge in [0.25, 0.3) is 0 Å². The van der Waals surface area contributed by atoms with Crippen LogP contribution in [0.5, 0.6) is 0 Å². The maximum atomic E-state index is 9.70. The van der Waals surface area contributed by atoms with Crippen LogP contribution in [-0.4, -0.2) is 23.4 Å². The third-order valence-electron chi connectivity index (χ3n) is 9.75. The van der Waals surface area contributed by atoms with Gasteiger partial charge in [0.15, 0.2) is 0 Å². The first-order chi connectivity index (χ1) is 17.6. The largest absolute Gasteiger partial charge is 0.396 e. The first-order valence-electron chi connectivity index (χ1n) is 16.8. The van der Waals surface area contributed by atoms with Crippen molar-refractivity contribution in [3.63, 3.8) is 0 Å². The van der Waals surface area contributed by atoms with Gasteiger partial charge in [0.2, 0.25) is 0 Å². The number of aliphatic hydroxyl groups excluding tert-OH is 2. The van der Waals surface area contributed by atoms with Gasteiger partial charge in [-0.25, -0.2) is 0 Å². The molecule has 0 aromatic carbocycles. The van der Waals surface area contributed by atoms with Crippen molar-refractivity contribution in [1.29, 1.82) is 0 Å². The van der Waals surface area contributed by atoms with Gasteiger partial charge in [0, 0.05) is 5.41 Å². The van der Waals surface area contributed by atoms with Crippen molar-refractivity contribution >= 4 is 0 Å². The zero-order valence-electron chi connectivity index (χ0n) is 25.1. The summed E-state index contributed by atoms with van der Waals surface area (Å²) in [6.45, 7) is 4.66. The fraction of sp³-hybridized carbons (Fsp3) is 1.00. The molecular weight excluding hydrogens is 440 g/mol. The molecule has 36 heavy (non-hydrogen) atoms. The van der Waals surface area contributed by atoms with Gasteiger partial charge in [-0.15, -0.1) is 0 Å². The lowest BCUT2D eigenvalue weighted by atomic mass is 9.61. The lowest BCUT2D eigenvalue weighted by molar-refractivity contribution is -0.0564. The van der Waals surface area contributed by atoms with E-state index in [4.69, 9.17) is 0 Å². The van der Waals surface area contributed by atoms with Crippen molar-refractivity contribution in [3.05, 3.63) is 0 Å². The molecule has 0 aliphatic heterocycles. The summed E-state index contributed by atoms with van der Waals surface area (Å²) >= 11 is 0. The Hall–Kier alpha value is -0.0800. The number of aliphatic hydroxyl groups is 2. The summed E-state index contributed by atoms with van der Waals surface area (Å²) in [5.74, 6) is 0. The minimum absolute atomic E-state index is 0.0494. The molecule has 0 amide bonds. The van der Waals surface area contributed by atoms with Crippen LogP contribution < -0.4 is 0 Å². The Balaban J connectivity index is 0.000000282. The van der Waals surface area contributed by atoms with Crippen molar-refractivity contribution in [2.45, 2.75) is 194 Å². The highest BCUT2D eigenvalue weighted by molar-refractivity contribution is 4.92. The molecule has 216 valence electrons. The first-order valence-corrected chi connectivity index (χ1v) is 16.8. The molecule has 0 bridgehead atoms. The van der Waals surface area contributed by atoms with Crippen LogP contribution in [0.3, 0.4) is 0 Å². The molecule has 0 saturated heterocycles. The summed E-state index contributed by atoms with van der Waals surface area (Å²) < 4.78 is 0. The van der Waals surface area contributed by atoms with Crippen LogP contribution in [0.4, 0.5) is 0 Å². The lowest BCUT2D eigenvalue weighted by Crippen LogP contribution is -2.44. The molecule has 0 radical (unpaired) electrons. The SMILES string of the molecule is C1CCCCCCCCC1.C1CCCCCCCCC1.CC1(C)CCCCCCCCC1(CO)CO. The standard InChI is InChI=1S/C14H28O2.2C10H20/c1-13(2)9-7-5-3-4-6-8-10-14(13,11-15)12-16;2*1-2-4-6-8-10-9-7-5-3-1/h15-16H,3-12H2,1-2H3;2*1-10H2. The van der Waals surface area contributed by atoms with Gasteiger partial charge < -0.3 is 10.2 Å². The Morgan fingerprint density at radius 2 is 0.528 bits per heavy atom. The van der Waals surface area contributed by atoms with Crippen molar-refractivity contribution in [1.82, 2.24) is 0 Å². The summed E-state index contributed by atoms with van der Waals surface area (Å²) in [5, 5.41) is 19.4. The normalized spacial score (nSPS) is 25.0. The van der Waals surface area contributed by atoms with Crippen LogP contribution in [0.25, 0.3) is 0 Å². The topological polar surface area (TPSA) is 40.5 Å². The summed E-state index contributed by atoms with van der Waals surface area (Å²) in [5.41, 5.74) is -0.224. The first kappa shape index (κ1) is 33.9. The highest BCUT2D eigenvalue weighted by Gasteiger charge is 2.43. The Labute approximate surface area is 227 Å². The molecule has 3 aliphatic rings. The van der Waals surface area contributed by atoms with Crippen molar-refractivity contribution in [2.24, 2.45) is 10.8 Å². The van der Waals surface area contributed by atoms with Crippen molar-refractivity contribution < 1.29 is 10.2 Å². The zero-order valence-corrected chi connectivity index (χ0v) is 25.1. The quantitative estimate of drug-likeness (QED) is 0.389. The molecule has 2 N–H and O–H groups in total. The van der Waals surface area contributed by atoms with Crippen LogP contribution in [0, 0.1) is 10.8 Å². The molecule has 3 aliphatic carbocycles. The smallest absolute Gasteiger partial charge is 0.0514 e. The molecule has 0 atom stereocenters. The highest BCUT2D eigenvalue weighted by Crippen LogP contribution is 2.46. The molecule has 3 rings (SSSR count). The van der Waals surface area contributed by atoms with Gasteiger partial charge >= 0.3 is 0 Å². The Kier molecular flexibility index (Phi) is 21.6. The summed E-state index contributed by atoms with van der Waals surface area (Å²) in [6, 6.07) is 0. The van der Waals surface area contributed by atoms with Gasteiger partial charge in [-0.3, -0.25) is 0 Å². The molecule has 0 unspecified atom stereocenters. The second kappa shape index (κ2) is 22.9. The van der Waals surface area contributed by atoms with E-state index in [9.17, 15) is 10.2 Å². The Morgan fingerprint density at radius 3 is 0.750 bits per heavy atom. The number of hydrogen-bond donors (Lipinski definition) is 2. The summed E-state index contributed by atoms with van der Waals surface area (Å²) in [7, 11) is 0. The maximum absolute atomic E-state index is 9.70. The maximum Gasteiger partial charge on any atom is 0.0514 e.